The Hall–Kier alpha value is -3.19. The highest BCUT2D eigenvalue weighted by molar-refractivity contribution is 7.94. The van der Waals surface area contributed by atoms with Gasteiger partial charge in [-0.25, -0.2) is 22.0 Å². The average Bonchev–Trinajstić information content (AvgIpc) is 2.72. The molecule has 1 fully saturated rings. The smallest absolute Gasteiger partial charge is 0.230 e. The van der Waals surface area contributed by atoms with E-state index in [-0.39, 0.29) is 42.1 Å². The number of hydrogen-bond acceptors (Lipinski definition) is 6. The number of rotatable bonds is 4. The Morgan fingerprint density at radius 1 is 1.33 bits per heavy atom. The van der Waals surface area contributed by atoms with Crippen molar-refractivity contribution >= 4 is 27.1 Å². The molecular weight excluding hydrogens is 450 g/mol. The highest BCUT2D eigenvalue weighted by Crippen LogP contribution is 2.51. The number of nitrogens with two attached hydrogens (primary N) is 1. The van der Waals surface area contributed by atoms with E-state index in [9.17, 15) is 17.6 Å². The summed E-state index contributed by atoms with van der Waals surface area (Å²) in [5.41, 5.74) is 2.49. The normalized spacial score (nSPS) is 25.1. The lowest BCUT2D eigenvalue weighted by Gasteiger charge is -2.48. The molecule has 7 nitrogen and oxygen atoms in total. The van der Waals surface area contributed by atoms with E-state index in [0.29, 0.717) is 23.2 Å². The van der Waals surface area contributed by atoms with Crippen molar-refractivity contribution in [3.05, 3.63) is 70.1 Å². The zero-order chi connectivity index (χ0) is 24.2. The standard InChI is InChI=1S/C23H22F2N4O3S/c1-13-9-15(27-3)12-28-19(13)18(30)11-14-5-6-17(24)16(10-14)22(2)20(25)33(31,32)23(7-4-8-23)21(26)29-22/h5-6,9-10,12,20H,4,7-8,11H2,1-2H3,(H2,26,29)/t20-,22+/m0/s1. The number of sulfone groups is 1. The number of halogens is 2. The van der Waals surface area contributed by atoms with Crippen LogP contribution in [0.15, 0.2) is 35.5 Å². The van der Waals surface area contributed by atoms with Crippen LogP contribution in [0.25, 0.3) is 4.85 Å². The SMILES string of the molecule is [C-]#[N+]c1cnc(C(=O)Cc2ccc(F)c([C@@]3(C)N=C(N)C4(CCC4)S(=O)(=O)[C@@H]3F)c2)c(C)c1. The molecule has 0 bridgehead atoms. The summed E-state index contributed by atoms with van der Waals surface area (Å²) < 4.78 is 54.9. The van der Waals surface area contributed by atoms with E-state index in [1.165, 1.54) is 25.3 Å². The van der Waals surface area contributed by atoms with Crippen molar-refractivity contribution in [3.63, 3.8) is 0 Å². The molecule has 1 saturated carbocycles. The van der Waals surface area contributed by atoms with Crippen LogP contribution in [0, 0.1) is 19.3 Å². The van der Waals surface area contributed by atoms with Crippen LogP contribution in [0.2, 0.25) is 0 Å². The van der Waals surface area contributed by atoms with Crippen LogP contribution in [0.3, 0.4) is 0 Å². The minimum Gasteiger partial charge on any atom is -0.386 e. The van der Waals surface area contributed by atoms with Crippen molar-refractivity contribution in [1.82, 2.24) is 4.98 Å². The molecule has 172 valence electrons. The molecule has 0 unspecified atom stereocenters. The number of aryl methyl sites for hydroxylation is 1. The van der Waals surface area contributed by atoms with Gasteiger partial charge in [-0.3, -0.25) is 14.8 Å². The van der Waals surface area contributed by atoms with Gasteiger partial charge in [-0.05, 0) is 62.4 Å². The second kappa shape index (κ2) is 7.70. The minimum atomic E-state index is -4.37. The number of aromatic nitrogens is 1. The van der Waals surface area contributed by atoms with Crippen molar-refractivity contribution in [2.75, 3.05) is 0 Å². The summed E-state index contributed by atoms with van der Waals surface area (Å²) in [6.07, 6.45) is 2.09. The Morgan fingerprint density at radius 3 is 2.61 bits per heavy atom. The van der Waals surface area contributed by atoms with Crippen LogP contribution in [0.4, 0.5) is 14.5 Å². The third kappa shape index (κ3) is 3.33. The molecule has 2 atom stereocenters. The maximum Gasteiger partial charge on any atom is 0.230 e. The molecular formula is C23H22F2N4O3S. The number of hydrogen-bond donors (Lipinski definition) is 1. The van der Waals surface area contributed by atoms with Gasteiger partial charge in [0.25, 0.3) is 0 Å². The Kier molecular flexibility index (Phi) is 5.36. The van der Waals surface area contributed by atoms with Gasteiger partial charge in [0.1, 0.15) is 27.6 Å². The van der Waals surface area contributed by atoms with Crippen LogP contribution in [-0.4, -0.2) is 35.3 Å². The Bertz CT molecular complexity index is 1350. The first kappa shape index (κ1) is 23.0. The first-order valence-electron chi connectivity index (χ1n) is 10.4. The fourth-order valence-electron chi connectivity index (χ4n) is 4.52. The highest BCUT2D eigenvalue weighted by atomic mass is 32.2. The molecule has 1 aliphatic carbocycles. The molecule has 0 saturated heterocycles. The predicted molar refractivity (Wildman–Crippen MR) is 119 cm³/mol. The monoisotopic (exact) mass is 472 g/mol. The van der Waals surface area contributed by atoms with E-state index in [1.807, 2.05) is 0 Å². The molecule has 4 rings (SSSR count). The molecule has 0 radical (unpaired) electrons. The lowest BCUT2D eigenvalue weighted by Crippen LogP contribution is -2.64. The lowest BCUT2D eigenvalue weighted by molar-refractivity contribution is 0.0987. The quantitative estimate of drug-likeness (QED) is 0.539. The number of Topliss-reactive ketones (excluding diaryl/α,β-unsaturated/α-hetero) is 1. The van der Waals surface area contributed by atoms with Crippen LogP contribution >= 0.6 is 0 Å². The first-order valence-corrected chi connectivity index (χ1v) is 11.9. The number of ketones is 1. The number of aliphatic imine (C=N–C) groups is 1. The van der Waals surface area contributed by atoms with Gasteiger partial charge < -0.3 is 5.73 Å². The molecule has 1 aromatic heterocycles. The van der Waals surface area contributed by atoms with E-state index < -0.39 is 31.4 Å². The minimum absolute atomic E-state index is 0.164. The molecule has 1 aromatic carbocycles. The van der Waals surface area contributed by atoms with Crippen molar-refractivity contribution < 1.29 is 22.0 Å². The van der Waals surface area contributed by atoms with Gasteiger partial charge in [0.05, 0.1) is 6.57 Å². The van der Waals surface area contributed by atoms with Crippen molar-refractivity contribution in [3.8, 4) is 0 Å². The Balaban J connectivity index is 1.72. The van der Waals surface area contributed by atoms with Gasteiger partial charge in [-0.1, -0.05) is 6.07 Å². The second-order valence-corrected chi connectivity index (χ2v) is 11.0. The van der Waals surface area contributed by atoms with Gasteiger partial charge >= 0.3 is 0 Å². The third-order valence-corrected chi connectivity index (χ3v) is 9.35. The lowest BCUT2D eigenvalue weighted by atomic mass is 9.82. The van der Waals surface area contributed by atoms with E-state index in [0.717, 1.165) is 6.07 Å². The largest absolute Gasteiger partial charge is 0.386 e. The molecule has 33 heavy (non-hydrogen) atoms. The van der Waals surface area contributed by atoms with Crippen LogP contribution in [0.5, 0.6) is 0 Å². The summed E-state index contributed by atoms with van der Waals surface area (Å²) in [5.74, 6) is -1.43. The van der Waals surface area contributed by atoms with Crippen LogP contribution < -0.4 is 5.73 Å². The van der Waals surface area contributed by atoms with Crippen molar-refractivity contribution in [1.29, 1.82) is 0 Å². The fraction of sp³-hybridized carbons (Fsp3) is 0.391. The van der Waals surface area contributed by atoms with Crippen molar-refractivity contribution in [2.45, 2.75) is 55.3 Å². The summed E-state index contributed by atoms with van der Waals surface area (Å²) in [4.78, 5) is 24.3. The van der Waals surface area contributed by atoms with Crippen molar-refractivity contribution in [2.24, 2.45) is 10.7 Å². The molecule has 0 amide bonds. The molecule has 10 heteroatoms. The summed E-state index contributed by atoms with van der Waals surface area (Å²) in [7, 11) is -4.37. The number of carbonyl (C=O) groups is 1. The number of alkyl halides is 1. The highest BCUT2D eigenvalue weighted by Gasteiger charge is 2.64. The van der Waals surface area contributed by atoms with Gasteiger partial charge in [-0.15, -0.1) is 0 Å². The van der Waals surface area contributed by atoms with Crippen LogP contribution in [0.1, 0.15) is 53.4 Å². The zero-order valence-electron chi connectivity index (χ0n) is 18.1. The number of nitrogens with zero attached hydrogens (tertiary/aromatic N) is 3. The molecule has 1 aliphatic heterocycles. The van der Waals surface area contributed by atoms with E-state index in [2.05, 4.69) is 14.8 Å². The molecule has 2 aliphatic rings. The average molecular weight is 473 g/mol. The molecule has 2 aromatic rings. The summed E-state index contributed by atoms with van der Waals surface area (Å²) in [6, 6.07) is 5.23. The van der Waals surface area contributed by atoms with Gasteiger partial charge in [0.2, 0.25) is 11.2 Å². The fourth-order valence-corrected chi connectivity index (χ4v) is 6.90. The predicted octanol–water partition coefficient (Wildman–Crippen LogP) is 3.72. The van der Waals surface area contributed by atoms with Crippen LogP contribution in [-0.2, 0) is 21.8 Å². The van der Waals surface area contributed by atoms with Gasteiger partial charge in [-0.2, -0.15) is 0 Å². The second-order valence-electron chi connectivity index (χ2n) is 8.74. The summed E-state index contributed by atoms with van der Waals surface area (Å²) in [5, 5.41) is 0. The number of amidine groups is 1. The van der Waals surface area contributed by atoms with E-state index in [1.54, 1.807) is 13.0 Å². The first-order chi connectivity index (χ1) is 15.5. The zero-order valence-corrected chi connectivity index (χ0v) is 18.9. The van der Waals surface area contributed by atoms with E-state index in [4.69, 9.17) is 12.3 Å². The Labute approximate surface area is 190 Å². The van der Waals surface area contributed by atoms with E-state index >= 15 is 4.39 Å². The maximum absolute atomic E-state index is 15.5. The summed E-state index contributed by atoms with van der Waals surface area (Å²) >= 11 is 0. The topological polar surface area (TPSA) is 107 Å². The summed E-state index contributed by atoms with van der Waals surface area (Å²) in [6.45, 7) is 9.88. The number of pyridine rings is 1. The third-order valence-electron chi connectivity index (χ3n) is 6.64. The Morgan fingerprint density at radius 2 is 2.03 bits per heavy atom. The van der Waals surface area contributed by atoms with Gasteiger partial charge in [0.15, 0.2) is 15.6 Å². The molecule has 2 N–H and O–H groups in total. The molecule has 2 heterocycles. The number of benzene rings is 1. The maximum atomic E-state index is 15.5. The van der Waals surface area contributed by atoms with Gasteiger partial charge in [0, 0.05) is 18.2 Å². The number of carbonyl (C=O) groups excluding carboxylic acids is 1. The molecule has 1 spiro atoms.